The van der Waals surface area contributed by atoms with Crippen LogP contribution in [0.1, 0.15) is 19.3 Å². The molecule has 0 aromatic rings. The number of amides is 1. The van der Waals surface area contributed by atoms with Crippen LogP contribution in [0.25, 0.3) is 0 Å². The summed E-state index contributed by atoms with van der Waals surface area (Å²) >= 11 is 0. The number of allylic oxidation sites excluding steroid dienone is 1. The van der Waals surface area contributed by atoms with Gasteiger partial charge in [-0.2, -0.15) is 0 Å². The minimum atomic E-state index is 0.102. The quantitative estimate of drug-likeness (QED) is 0.667. The van der Waals surface area contributed by atoms with E-state index in [9.17, 15) is 4.79 Å². The predicted molar refractivity (Wildman–Crippen MR) is 54.9 cm³/mol. The highest BCUT2D eigenvalue weighted by Crippen LogP contribution is 2.08. The van der Waals surface area contributed by atoms with Gasteiger partial charge in [0, 0.05) is 19.0 Å². The van der Waals surface area contributed by atoms with E-state index in [2.05, 4.69) is 15.6 Å². The van der Waals surface area contributed by atoms with Crippen LogP contribution in [-0.2, 0) is 4.79 Å². The molecule has 2 aliphatic heterocycles. The van der Waals surface area contributed by atoms with Crippen LogP contribution in [-0.4, -0.2) is 24.8 Å². The lowest BCUT2D eigenvalue weighted by Gasteiger charge is -2.26. The van der Waals surface area contributed by atoms with Crippen molar-refractivity contribution in [3.05, 3.63) is 12.3 Å². The summed E-state index contributed by atoms with van der Waals surface area (Å²) in [5.74, 6) is 1.44. The number of aliphatic imine (C=N–C) groups is 1. The minimum absolute atomic E-state index is 0.102. The lowest BCUT2D eigenvalue weighted by Crippen LogP contribution is -2.45. The van der Waals surface area contributed by atoms with Gasteiger partial charge in [-0.3, -0.25) is 4.79 Å². The lowest BCUT2D eigenvalue weighted by atomic mass is 9.99. The van der Waals surface area contributed by atoms with Gasteiger partial charge in [-0.15, -0.1) is 0 Å². The van der Waals surface area contributed by atoms with Crippen molar-refractivity contribution in [1.29, 1.82) is 0 Å². The first kappa shape index (κ1) is 9.40. The fourth-order valence-electron chi connectivity index (χ4n) is 1.56. The van der Waals surface area contributed by atoms with Crippen molar-refractivity contribution in [1.82, 2.24) is 10.6 Å². The van der Waals surface area contributed by atoms with Gasteiger partial charge in [-0.1, -0.05) is 6.08 Å². The van der Waals surface area contributed by atoms with Crippen molar-refractivity contribution in [2.45, 2.75) is 19.3 Å². The predicted octanol–water partition coefficient (Wildman–Crippen LogP) is 0.418. The third-order valence-electron chi connectivity index (χ3n) is 2.51. The number of amidine groups is 1. The molecule has 0 radical (unpaired) electrons. The lowest BCUT2D eigenvalue weighted by molar-refractivity contribution is -0.121. The van der Waals surface area contributed by atoms with Crippen molar-refractivity contribution >= 4 is 11.7 Å². The normalized spacial score (nSPS) is 21.3. The molecule has 0 atom stereocenters. The Kier molecular flexibility index (Phi) is 2.93. The van der Waals surface area contributed by atoms with E-state index in [0.717, 1.165) is 31.8 Å². The Balaban J connectivity index is 1.75. The maximum atomic E-state index is 11.5. The molecule has 0 aromatic heterocycles. The average molecular weight is 193 g/mol. The van der Waals surface area contributed by atoms with Gasteiger partial charge in [-0.25, -0.2) is 4.99 Å². The number of hydrogen-bond acceptors (Lipinski definition) is 3. The molecule has 4 heteroatoms. The number of nitrogens with one attached hydrogen (secondary N) is 2. The summed E-state index contributed by atoms with van der Waals surface area (Å²) in [6.45, 7) is 1.94. The van der Waals surface area contributed by atoms with E-state index < -0.39 is 0 Å². The molecule has 76 valence electrons. The van der Waals surface area contributed by atoms with Crippen molar-refractivity contribution in [3.63, 3.8) is 0 Å². The van der Waals surface area contributed by atoms with Gasteiger partial charge in [0.2, 0.25) is 5.91 Å². The molecular formula is C10H15N3O. The van der Waals surface area contributed by atoms with Gasteiger partial charge >= 0.3 is 0 Å². The average Bonchev–Trinajstić information content (AvgIpc) is 2.13. The van der Waals surface area contributed by atoms with Crippen molar-refractivity contribution < 1.29 is 4.79 Å². The molecule has 4 nitrogen and oxygen atoms in total. The van der Waals surface area contributed by atoms with Gasteiger partial charge in [-0.05, 0) is 25.4 Å². The molecule has 0 unspecified atom stereocenters. The van der Waals surface area contributed by atoms with Crippen LogP contribution in [0.4, 0.5) is 0 Å². The number of nitrogens with zero attached hydrogens (tertiary/aromatic N) is 1. The van der Waals surface area contributed by atoms with Gasteiger partial charge in [0.15, 0.2) is 0 Å². The Morgan fingerprint density at radius 3 is 3.07 bits per heavy atom. The van der Waals surface area contributed by atoms with Crippen LogP contribution in [0.3, 0.4) is 0 Å². The maximum Gasteiger partial charge on any atom is 0.225 e. The molecule has 1 fully saturated rings. The van der Waals surface area contributed by atoms with Gasteiger partial charge in [0.25, 0.3) is 0 Å². The summed E-state index contributed by atoms with van der Waals surface area (Å²) in [4.78, 5) is 15.6. The zero-order valence-electron chi connectivity index (χ0n) is 8.12. The molecule has 0 spiro atoms. The first-order chi connectivity index (χ1) is 6.84. The maximum absolute atomic E-state index is 11.5. The molecule has 1 saturated heterocycles. The van der Waals surface area contributed by atoms with E-state index in [1.807, 2.05) is 6.08 Å². The van der Waals surface area contributed by atoms with E-state index in [-0.39, 0.29) is 5.91 Å². The summed E-state index contributed by atoms with van der Waals surface area (Å²) in [6, 6.07) is 0. The highest BCUT2D eigenvalue weighted by Gasteiger charge is 2.20. The second-order valence-electron chi connectivity index (χ2n) is 3.78. The SMILES string of the molecule is O=C(CC1CNC1)NC1=NC=CCC1. The first-order valence-electron chi connectivity index (χ1n) is 5.07. The molecular weight excluding hydrogens is 178 g/mol. The van der Waals surface area contributed by atoms with Gasteiger partial charge in [0.1, 0.15) is 5.84 Å². The van der Waals surface area contributed by atoms with E-state index >= 15 is 0 Å². The zero-order valence-corrected chi connectivity index (χ0v) is 8.12. The van der Waals surface area contributed by atoms with Crippen LogP contribution in [0, 0.1) is 5.92 Å². The second-order valence-corrected chi connectivity index (χ2v) is 3.78. The van der Waals surface area contributed by atoms with E-state index in [0.29, 0.717) is 12.3 Å². The molecule has 1 amide bonds. The zero-order chi connectivity index (χ0) is 9.80. The third kappa shape index (κ3) is 2.42. The highest BCUT2D eigenvalue weighted by molar-refractivity contribution is 5.98. The largest absolute Gasteiger partial charge is 0.316 e. The number of hydrogen-bond donors (Lipinski definition) is 2. The fraction of sp³-hybridized carbons (Fsp3) is 0.600. The highest BCUT2D eigenvalue weighted by atomic mass is 16.1. The van der Waals surface area contributed by atoms with E-state index in [1.54, 1.807) is 6.20 Å². The molecule has 2 heterocycles. The Morgan fingerprint density at radius 2 is 2.50 bits per heavy atom. The monoisotopic (exact) mass is 193 g/mol. The topological polar surface area (TPSA) is 53.5 Å². The molecule has 0 aliphatic carbocycles. The van der Waals surface area contributed by atoms with Crippen molar-refractivity contribution in [3.8, 4) is 0 Å². The third-order valence-corrected chi connectivity index (χ3v) is 2.51. The summed E-state index contributed by atoms with van der Waals surface area (Å²) < 4.78 is 0. The van der Waals surface area contributed by atoms with E-state index in [1.165, 1.54) is 0 Å². The van der Waals surface area contributed by atoms with Crippen molar-refractivity contribution in [2.24, 2.45) is 10.9 Å². The molecule has 2 N–H and O–H groups in total. The number of carbonyl (C=O) groups excluding carboxylic acids is 1. The molecule has 14 heavy (non-hydrogen) atoms. The van der Waals surface area contributed by atoms with Crippen LogP contribution in [0.5, 0.6) is 0 Å². The molecule has 0 saturated carbocycles. The van der Waals surface area contributed by atoms with Crippen LogP contribution >= 0.6 is 0 Å². The Labute approximate surface area is 83.5 Å². The number of carbonyl (C=O) groups is 1. The smallest absolute Gasteiger partial charge is 0.225 e. The summed E-state index contributed by atoms with van der Waals surface area (Å²) in [7, 11) is 0. The first-order valence-corrected chi connectivity index (χ1v) is 5.07. The molecule has 0 aromatic carbocycles. The summed E-state index contributed by atoms with van der Waals surface area (Å²) in [5.41, 5.74) is 0. The molecule has 2 aliphatic rings. The van der Waals surface area contributed by atoms with Crippen LogP contribution < -0.4 is 10.6 Å². The van der Waals surface area contributed by atoms with Crippen LogP contribution in [0.2, 0.25) is 0 Å². The number of rotatable bonds is 2. The van der Waals surface area contributed by atoms with Gasteiger partial charge in [0.05, 0.1) is 0 Å². The Bertz CT molecular complexity index is 279. The Morgan fingerprint density at radius 1 is 1.64 bits per heavy atom. The van der Waals surface area contributed by atoms with Gasteiger partial charge < -0.3 is 10.6 Å². The van der Waals surface area contributed by atoms with Crippen LogP contribution in [0.15, 0.2) is 17.3 Å². The second kappa shape index (κ2) is 4.37. The standard InChI is InChI=1S/C10H15N3O/c14-10(5-8-6-11-7-8)13-9-3-1-2-4-12-9/h2,4,8,11H,1,3,5-7H2,(H,12,13,14). The molecule has 2 rings (SSSR count). The Hall–Kier alpha value is -1.16. The van der Waals surface area contributed by atoms with E-state index in [4.69, 9.17) is 0 Å². The van der Waals surface area contributed by atoms with Crippen molar-refractivity contribution in [2.75, 3.05) is 13.1 Å². The summed E-state index contributed by atoms with van der Waals surface area (Å²) in [6.07, 6.45) is 6.21. The molecule has 0 bridgehead atoms. The summed E-state index contributed by atoms with van der Waals surface area (Å²) in [5, 5.41) is 6.00. The minimum Gasteiger partial charge on any atom is -0.316 e. The fourth-order valence-corrected chi connectivity index (χ4v) is 1.56.